The monoisotopic (exact) mass is 379 g/mol. The van der Waals surface area contributed by atoms with Crippen LogP contribution >= 0.6 is 11.8 Å². The Hall–Kier alpha value is -2.48. The molecular formula is C14H7F6N3OS. The summed E-state index contributed by atoms with van der Waals surface area (Å²) in [5.41, 5.74) is -6.25. The van der Waals surface area contributed by atoms with Crippen LogP contribution in [-0.4, -0.2) is 16.2 Å². The van der Waals surface area contributed by atoms with Crippen molar-refractivity contribution >= 4 is 11.8 Å². The van der Waals surface area contributed by atoms with Crippen LogP contribution in [0.15, 0.2) is 28.2 Å². The van der Waals surface area contributed by atoms with Gasteiger partial charge in [-0.25, -0.2) is 4.98 Å². The molecule has 0 aliphatic heterocycles. The molecular weight excluding hydrogens is 372 g/mol. The van der Waals surface area contributed by atoms with Gasteiger partial charge in [-0.2, -0.15) is 31.6 Å². The number of hydrogen-bond acceptors (Lipinski definition) is 4. The molecule has 1 N–H and O–H groups in total. The predicted molar refractivity (Wildman–Crippen MR) is 76.8 cm³/mol. The number of aromatic amines is 1. The first-order valence-electron chi connectivity index (χ1n) is 6.36. The van der Waals surface area contributed by atoms with Gasteiger partial charge in [-0.1, -0.05) is 17.8 Å². The van der Waals surface area contributed by atoms with Gasteiger partial charge in [0.25, 0.3) is 5.56 Å². The molecule has 2 aromatic rings. The van der Waals surface area contributed by atoms with E-state index >= 15 is 0 Å². The second-order valence-electron chi connectivity index (χ2n) is 4.67. The summed E-state index contributed by atoms with van der Waals surface area (Å²) < 4.78 is 77.9. The van der Waals surface area contributed by atoms with Crippen LogP contribution in [0.5, 0.6) is 0 Å². The molecule has 0 unspecified atom stereocenters. The molecule has 0 amide bonds. The molecule has 0 fully saturated rings. The number of thioether (sulfide) groups is 1. The highest BCUT2D eigenvalue weighted by Crippen LogP contribution is 2.40. The molecule has 0 aliphatic rings. The lowest BCUT2D eigenvalue weighted by molar-refractivity contribution is -0.142. The Bertz CT molecular complexity index is 911. The highest BCUT2D eigenvalue weighted by molar-refractivity contribution is 7.98. The topological polar surface area (TPSA) is 69.5 Å². The maximum absolute atomic E-state index is 13.3. The van der Waals surface area contributed by atoms with Crippen LogP contribution in [0.4, 0.5) is 26.3 Å². The largest absolute Gasteiger partial charge is 0.417 e. The lowest BCUT2D eigenvalue weighted by Crippen LogP contribution is -2.17. The summed E-state index contributed by atoms with van der Waals surface area (Å²) in [6.45, 7) is 0. The normalized spacial score (nSPS) is 12.1. The summed E-state index contributed by atoms with van der Waals surface area (Å²) in [5.74, 6) is 0. The van der Waals surface area contributed by atoms with E-state index in [0.29, 0.717) is 12.1 Å². The molecule has 25 heavy (non-hydrogen) atoms. The number of rotatable bonds is 2. The summed E-state index contributed by atoms with van der Waals surface area (Å²) in [4.78, 5) is 17.8. The molecule has 0 saturated heterocycles. The maximum atomic E-state index is 13.3. The fourth-order valence-corrected chi connectivity index (χ4v) is 2.39. The smallest absolute Gasteiger partial charge is 0.300 e. The van der Waals surface area contributed by atoms with Crippen molar-refractivity contribution in [3.63, 3.8) is 0 Å². The Labute approximate surface area is 140 Å². The molecule has 0 bridgehead atoms. The number of nitrogens with zero attached hydrogens (tertiary/aromatic N) is 2. The zero-order valence-electron chi connectivity index (χ0n) is 12.2. The number of nitriles is 1. The van der Waals surface area contributed by atoms with E-state index in [0.717, 1.165) is 11.8 Å². The third kappa shape index (κ3) is 3.79. The fourth-order valence-electron chi connectivity index (χ4n) is 2.01. The Kier molecular flexibility index (Phi) is 4.85. The Balaban J connectivity index is 2.87. The minimum atomic E-state index is -5.15. The summed E-state index contributed by atoms with van der Waals surface area (Å²) in [6.07, 6.45) is -8.65. The number of hydrogen-bond donors (Lipinski definition) is 1. The Morgan fingerprint density at radius 3 is 2.28 bits per heavy atom. The summed E-state index contributed by atoms with van der Waals surface area (Å²) >= 11 is 0.894. The van der Waals surface area contributed by atoms with E-state index in [1.807, 2.05) is 0 Å². The number of nitrogens with one attached hydrogen (secondary N) is 1. The zero-order valence-corrected chi connectivity index (χ0v) is 13.0. The number of H-pyrrole nitrogens is 1. The third-order valence-corrected chi connectivity index (χ3v) is 3.69. The predicted octanol–water partition coefficient (Wildman–Crippen LogP) is 4.07. The molecule has 4 nitrogen and oxygen atoms in total. The lowest BCUT2D eigenvalue weighted by Gasteiger charge is -2.16. The van der Waals surface area contributed by atoms with Gasteiger partial charge in [0, 0.05) is 5.56 Å². The van der Waals surface area contributed by atoms with E-state index in [1.54, 1.807) is 0 Å². The van der Waals surface area contributed by atoms with E-state index < -0.39 is 45.9 Å². The van der Waals surface area contributed by atoms with Crippen molar-refractivity contribution in [2.24, 2.45) is 0 Å². The van der Waals surface area contributed by atoms with Crippen LogP contribution in [0, 0.1) is 11.3 Å². The van der Waals surface area contributed by atoms with Gasteiger partial charge in [0.15, 0.2) is 5.16 Å². The van der Waals surface area contributed by atoms with E-state index in [-0.39, 0.29) is 11.2 Å². The van der Waals surface area contributed by atoms with Gasteiger partial charge in [0.05, 0.1) is 16.8 Å². The van der Waals surface area contributed by atoms with Crippen LogP contribution in [0.25, 0.3) is 11.3 Å². The van der Waals surface area contributed by atoms with Crippen molar-refractivity contribution < 1.29 is 26.3 Å². The summed E-state index contributed by atoms with van der Waals surface area (Å²) in [6, 6.07) is 2.35. The second-order valence-corrected chi connectivity index (χ2v) is 5.46. The molecule has 2 rings (SSSR count). The van der Waals surface area contributed by atoms with Crippen molar-refractivity contribution in [2.75, 3.05) is 6.26 Å². The highest BCUT2D eigenvalue weighted by atomic mass is 32.2. The van der Waals surface area contributed by atoms with E-state index in [4.69, 9.17) is 5.26 Å². The van der Waals surface area contributed by atoms with Gasteiger partial charge in [0.2, 0.25) is 0 Å². The summed E-state index contributed by atoms with van der Waals surface area (Å²) in [5, 5.41) is 8.95. The molecule has 1 aromatic carbocycles. The zero-order chi connectivity index (χ0) is 19.0. The lowest BCUT2D eigenvalue weighted by atomic mass is 9.98. The molecule has 0 radical (unpaired) electrons. The number of aromatic nitrogens is 2. The van der Waals surface area contributed by atoms with Crippen molar-refractivity contribution in [1.82, 2.24) is 9.97 Å². The van der Waals surface area contributed by atoms with Crippen LogP contribution in [0.1, 0.15) is 16.7 Å². The third-order valence-electron chi connectivity index (χ3n) is 3.11. The second kappa shape index (κ2) is 6.44. The quantitative estimate of drug-likeness (QED) is 0.485. The van der Waals surface area contributed by atoms with Crippen LogP contribution in [0.3, 0.4) is 0 Å². The first kappa shape index (κ1) is 18.9. The Morgan fingerprint density at radius 1 is 1.16 bits per heavy atom. The maximum Gasteiger partial charge on any atom is 0.417 e. The summed E-state index contributed by atoms with van der Waals surface area (Å²) in [7, 11) is 0. The molecule has 11 heteroatoms. The van der Waals surface area contributed by atoms with Crippen molar-refractivity contribution in [1.29, 1.82) is 5.26 Å². The van der Waals surface area contributed by atoms with Crippen molar-refractivity contribution in [3.05, 3.63) is 45.2 Å². The van der Waals surface area contributed by atoms with Crippen LogP contribution < -0.4 is 5.56 Å². The van der Waals surface area contributed by atoms with E-state index in [9.17, 15) is 31.1 Å². The molecule has 0 atom stereocenters. The number of benzene rings is 1. The molecule has 0 saturated carbocycles. The molecule has 1 aromatic heterocycles. The van der Waals surface area contributed by atoms with Crippen LogP contribution in [-0.2, 0) is 12.4 Å². The van der Waals surface area contributed by atoms with Crippen molar-refractivity contribution in [2.45, 2.75) is 17.5 Å². The fraction of sp³-hybridized carbons (Fsp3) is 0.214. The van der Waals surface area contributed by atoms with Gasteiger partial charge < -0.3 is 4.98 Å². The molecule has 0 aliphatic carbocycles. The minimum absolute atomic E-state index is 0.0713. The van der Waals surface area contributed by atoms with E-state index in [1.165, 1.54) is 12.3 Å². The molecule has 1 heterocycles. The number of alkyl halides is 6. The SMILES string of the molecule is CSc1nc(-c2ccc(C(F)(F)F)cc2C(F)(F)F)c(C#N)c(=O)[nH]1. The van der Waals surface area contributed by atoms with Gasteiger partial charge in [-0.15, -0.1) is 0 Å². The average molecular weight is 379 g/mol. The first-order valence-corrected chi connectivity index (χ1v) is 7.58. The van der Waals surface area contributed by atoms with Crippen molar-refractivity contribution in [3.8, 4) is 17.3 Å². The highest BCUT2D eigenvalue weighted by Gasteiger charge is 2.39. The molecule has 0 spiro atoms. The van der Waals surface area contributed by atoms with Gasteiger partial charge in [-0.05, 0) is 18.4 Å². The van der Waals surface area contributed by atoms with Gasteiger partial charge in [0.1, 0.15) is 11.6 Å². The average Bonchev–Trinajstić information content (AvgIpc) is 2.51. The van der Waals surface area contributed by atoms with E-state index in [2.05, 4.69) is 9.97 Å². The Morgan fingerprint density at radius 2 is 1.80 bits per heavy atom. The minimum Gasteiger partial charge on any atom is -0.300 e. The molecule has 132 valence electrons. The standard InChI is InChI=1S/C14H7F6N3OS/c1-25-12-22-10(8(5-21)11(24)23-12)7-3-2-6(13(15,16)17)4-9(7)14(18,19)20/h2-4H,1H3,(H,22,23,24). The number of halogens is 6. The first-order chi connectivity index (χ1) is 11.5. The van der Waals surface area contributed by atoms with Gasteiger partial charge >= 0.3 is 12.4 Å². The van der Waals surface area contributed by atoms with Gasteiger partial charge in [-0.3, -0.25) is 4.79 Å². The van der Waals surface area contributed by atoms with Crippen LogP contribution in [0.2, 0.25) is 0 Å².